The van der Waals surface area contributed by atoms with Gasteiger partial charge in [0.05, 0.1) is 6.10 Å². The Morgan fingerprint density at radius 3 is 2.84 bits per heavy atom. The largest absolute Gasteiger partial charge is 0.376 e. The second kappa shape index (κ2) is 6.92. The summed E-state index contributed by atoms with van der Waals surface area (Å²) in [6.45, 7) is 4.10. The van der Waals surface area contributed by atoms with Crippen LogP contribution in [0, 0.1) is 0 Å². The van der Waals surface area contributed by atoms with Gasteiger partial charge in [-0.2, -0.15) is 0 Å². The quantitative estimate of drug-likeness (QED) is 0.883. The summed E-state index contributed by atoms with van der Waals surface area (Å²) in [4.78, 5) is 2.33. The third-order valence-corrected chi connectivity index (χ3v) is 4.00. The van der Waals surface area contributed by atoms with Gasteiger partial charge in [-0.3, -0.25) is 0 Å². The third-order valence-electron chi connectivity index (χ3n) is 4.00. The summed E-state index contributed by atoms with van der Waals surface area (Å²) in [5, 5.41) is 3.32. The van der Waals surface area contributed by atoms with Crippen molar-refractivity contribution in [1.82, 2.24) is 5.32 Å². The molecule has 1 aromatic rings. The van der Waals surface area contributed by atoms with E-state index in [1.54, 1.807) is 0 Å². The van der Waals surface area contributed by atoms with Crippen LogP contribution in [-0.2, 0) is 4.74 Å². The van der Waals surface area contributed by atoms with E-state index in [1.807, 2.05) is 7.05 Å². The van der Waals surface area contributed by atoms with Crippen LogP contribution >= 0.6 is 0 Å². The second-order valence-electron chi connectivity index (χ2n) is 5.44. The standard InChI is InChI=1S/C16H26N2O/c1-13(17-2)15-9-4-5-10-16(15)18(3)12-14-8-6-7-11-19-14/h4-5,9-10,13-14,17H,6-8,11-12H2,1-3H3. The number of hydrogen-bond acceptors (Lipinski definition) is 3. The van der Waals surface area contributed by atoms with E-state index < -0.39 is 0 Å². The molecule has 1 aromatic carbocycles. The lowest BCUT2D eigenvalue weighted by Gasteiger charge is -2.30. The first-order valence-electron chi connectivity index (χ1n) is 7.31. The molecule has 1 N–H and O–H groups in total. The van der Waals surface area contributed by atoms with Gasteiger partial charge >= 0.3 is 0 Å². The second-order valence-corrected chi connectivity index (χ2v) is 5.44. The fraction of sp³-hybridized carbons (Fsp3) is 0.625. The summed E-state index contributed by atoms with van der Waals surface area (Å²) in [6, 6.07) is 8.99. The van der Waals surface area contributed by atoms with Gasteiger partial charge in [0.25, 0.3) is 0 Å². The van der Waals surface area contributed by atoms with Crippen LogP contribution in [0.2, 0.25) is 0 Å². The van der Waals surface area contributed by atoms with Gasteiger partial charge in [0, 0.05) is 31.9 Å². The lowest BCUT2D eigenvalue weighted by Crippen LogP contribution is -2.34. The highest BCUT2D eigenvalue weighted by atomic mass is 16.5. The van der Waals surface area contributed by atoms with Gasteiger partial charge in [0.2, 0.25) is 0 Å². The first-order chi connectivity index (χ1) is 9.22. The van der Waals surface area contributed by atoms with Crippen molar-refractivity contribution in [2.24, 2.45) is 0 Å². The number of benzene rings is 1. The highest BCUT2D eigenvalue weighted by Gasteiger charge is 2.18. The number of ether oxygens (including phenoxy) is 1. The zero-order valence-electron chi connectivity index (χ0n) is 12.4. The highest BCUT2D eigenvalue weighted by Crippen LogP contribution is 2.26. The van der Waals surface area contributed by atoms with Crippen molar-refractivity contribution >= 4 is 5.69 Å². The van der Waals surface area contributed by atoms with Gasteiger partial charge in [-0.15, -0.1) is 0 Å². The van der Waals surface area contributed by atoms with E-state index in [0.717, 1.165) is 13.2 Å². The summed E-state index contributed by atoms with van der Waals surface area (Å²) >= 11 is 0. The Balaban J connectivity index is 2.07. The minimum absolute atomic E-state index is 0.367. The Labute approximate surface area is 116 Å². The Bertz CT molecular complexity index is 388. The number of nitrogens with one attached hydrogen (secondary N) is 1. The number of rotatable bonds is 5. The lowest BCUT2D eigenvalue weighted by atomic mass is 10.0. The van der Waals surface area contributed by atoms with Gasteiger partial charge in [-0.1, -0.05) is 18.2 Å². The van der Waals surface area contributed by atoms with Crippen molar-refractivity contribution in [2.45, 2.75) is 38.3 Å². The summed E-state index contributed by atoms with van der Waals surface area (Å²) in [6.07, 6.45) is 4.09. The molecule has 19 heavy (non-hydrogen) atoms. The molecule has 2 atom stereocenters. The van der Waals surface area contributed by atoms with Crippen molar-refractivity contribution < 1.29 is 4.74 Å². The predicted octanol–water partition coefficient (Wildman–Crippen LogP) is 2.97. The topological polar surface area (TPSA) is 24.5 Å². The van der Waals surface area contributed by atoms with E-state index in [-0.39, 0.29) is 0 Å². The van der Waals surface area contributed by atoms with E-state index in [9.17, 15) is 0 Å². The van der Waals surface area contributed by atoms with Crippen molar-refractivity contribution in [1.29, 1.82) is 0 Å². The smallest absolute Gasteiger partial charge is 0.0749 e. The zero-order valence-corrected chi connectivity index (χ0v) is 12.4. The van der Waals surface area contributed by atoms with Crippen LogP contribution in [0.25, 0.3) is 0 Å². The predicted molar refractivity (Wildman–Crippen MR) is 80.8 cm³/mol. The van der Waals surface area contributed by atoms with Crippen LogP contribution in [0.1, 0.15) is 37.8 Å². The Morgan fingerprint density at radius 2 is 2.16 bits per heavy atom. The van der Waals surface area contributed by atoms with Crippen LogP contribution in [0.15, 0.2) is 24.3 Å². The van der Waals surface area contributed by atoms with Crippen LogP contribution in [0.3, 0.4) is 0 Å². The molecule has 3 heteroatoms. The molecule has 0 aliphatic carbocycles. The van der Waals surface area contributed by atoms with Gasteiger partial charge in [-0.05, 0) is 44.9 Å². The zero-order chi connectivity index (χ0) is 13.7. The Morgan fingerprint density at radius 1 is 1.37 bits per heavy atom. The number of para-hydroxylation sites is 1. The van der Waals surface area contributed by atoms with Crippen LogP contribution in [0.4, 0.5) is 5.69 Å². The first kappa shape index (κ1) is 14.4. The van der Waals surface area contributed by atoms with E-state index in [2.05, 4.69) is 48.5 Å². The molecular formula is C16H26N2O. The van der Waals surface area contributed by atoms with Crippen molar-refractivity contribution in [2.75, 3.05) is 32.1 Å². The molecule has 0 aromatic heterocycles. The molecular weight excluding hydrogens is 236 g/mol. The number of anilines is 1. The average molecular weight is 262 g/mol. The molecule has 2 unspecified atom stereocenters. The minimum atomic E-state index is 0.367. The van der Waals surface area contributed by atoms with E-state index in [4.69, 9.17) is 4.74 Å². The average Bonchev–Trinajstić information content (AvgIpc) is 2.47. The van der Waals surface area contributed by atoms with Crippen molar-refractivity contribution in [3.63, 3.8) is 0 Å². The third kappa shape index (κ3) is 3.71. The molecule has 0 amide bonds. The molecule has 106 valence electrons. The minimum Gasteiger partial charge on any atom is -0.376 e. The molecule has 1 heterocycles. The van der Waals surface area contributed by atoms with Crippen LogP contribution in [0.5, 0.6) is 0 Å². The molecule has 2 rings (SSSR count). The van der Waals surface area contributed by atoms with E-state index in [0.29, 0.717) is 12.1 Å². The number of hydrogen-bond donors (Lipinski definition) is 1. The molecule has 0 radical (unpaired) electrons. The van der Waals surface area contributed by atoms with Crippen LogP contribution in [-0.4, -0.2) is 33.4 Å². The fourth-order valence-corrected chi connectivity index (χ4v) is 2.71. The van der Waals surface area contributed by atoms with E-state index in [1.165, 1.54) is 30.5 Å². The molecule has 1 aliphatic heterocycles. The van der Waals surface area contributed by atoms with Gasteiger partial charge in [0.1, 0.15) is 0 Å². The molecule has 1 saturated heterocycles. The Kier molecular flexibility index (Phi) is 5.23. The summed E-state index contributed by atoms with van der Waals surface area (Å²) in [5.41, 5.74) is 2.65. The normalized spacial score (nSPS) is 21.1. The van der Waals surface area contributed by atoms with Gasteiger partial charge < -0.3 is 15.0 Å². The SMILES string of the molecule is CNC(C)c1ccccc1N(C)CC1CCCCO1. The van der Waals surface area contributed by atoms with Gasteiger partial charge in [0.15, 0.2) is 0 Å². The number of nitrogens with zero attached hydrogens (tertiary/aromatic N) is 1. The molecule has 0 spiro atoms. The first-order valence-corrected chi connectivity index (χ1v) is 7.31. The Hall–Kier alpha value is -1.06. The molecule has 0 saturated carbocycles. The van der Waals surface area contributed by atoms with Crippen molar-refractivity contribution in [3.8, 4) is 0 Å². The molecule has 1 aliphatic rings. The monoisotopic (exact) mass is 262 g/mol. The summed E-state index contributed by atoms with van der Waals surface area (Å²) in [7, 11) is 4.17. The maximum Gasteiger partial charge on any atom is 0.0749 e. The highest BCUT2D eigenvalue weighted by molar-refractivity contribution is 5.54. The molecule has 0 bridgehead atoms. The summed E-state index contributed by atoms with van der Waals surface area (Å²) < 4.78 is 5.84. The van der Waals surface area contributed by atoms with E-state index >= 15 is 0 Å². The fourth-order valence-electron chi connectivity index (χ4n) is 2.71. The van der Waals surface area contributed by atoms with Crippen LogP contribution < -0.4 is 10.2 Å². The summed E-state index contributed by atoms with van der Waals surface area (Å²) in [5.74, 6) is 0. The maximum atomic E-state index is 5.84. The molecule has 1 fully saturated rings. The number of likely N-dealkylation sites (N-methyl/N-ethyl adjacent to an activating group) is 1. The van der Waals surface area contributed by atoms with Crippen molar-refractivity contribution in [3.05, 3.63) is 29.8 Å². The lowest BCUT2D eigenvalue weighted by molar-refractivity contribution is 0.0216. The maximum absolute atomic E-state index is 5.84. The van der Waals surface area contributed by atoms with Gasteiger partial charge in [-0.25, -0.2) is 0 Å². The molecule has 3 nitrogen and oxygen atoms in total.